The number of piperidine rings is 1. The number of nitrogens with zero attached hydrogens (tertiary/aromatic N) is 3. The van der Waals surface area contributed by atoms with Gasteiger partial charge in [-0.25, -0.2) is 4.98 Å². The lowest BCUT2D eigenvalue weighted by Gasteiger charge is -2.20. The summed E-state index contributed by atoms with van der Waals surface area (Å²) in [7, 11) is 3.65. The van der Waals surface area contributed by atoms with Crippen LogP contribution in [0.25, 0.3) is 0 Å². The highest BCUT2D eigenvalue weighted by Crippen LogP contribution is 2.30. The molecule has 1 aliphatic carbocycles. The van der Waals surface area contributed by atoms with E-state index in [4.69, 9.17) is 16.3 Å². The third kappa shape index (κ3) is 7.55. The van der Waals surface area contributed by atoms with Gasteiger partial charge in [0.15, 0.2) is 0 Å². The Balaban J connectivity index is 0.000000396. The van der Waals surface area contributed by atoms with Crippen LogP contribution in [0.2, 0.25) is 0 Å². The van der Waals surface area contributed by atoms with Gasteiger partial charge in [-0.2, -0.15) is 4.98 Å². The number of allylic oxidation sites excluding steroid dienone is 3. The van der Waals surface area contributed by atoms with Crippen LogP contribution in [0.15, 0.2) is 51.8 Å². The van der Waals surface area contributed by atoms with Crippen molar-refractivity contribution in [2.75, 3.05) is 32.6 Å². The van der Waals surface area contributed by atoms with Crippen LogP contribution in [0.3, 0.4) is 0 Å². The molecule has 1 amide bonds. The van der Waals surface area contributed by atoms with Crippen molar-refractivity contribution in [3.8, 4) is 5.88 Å². The van der Waals surface area contributed by atoms with Gasteiger partial charge >= 0.3 is 0 Å². The number of hydrogen-bond donors (Lipinski definition) is 2. The Morgan fingerprint density at radius 2 is 2.00 bits per heavy atom. The minimum absolute atomic E-state index is 0.172. The lowest BCUT2D eigenvalue weighted by atomic mass is 10.1. The van der Waals surface area contributed by atoms with Crippen molar-refractivity contribution in [2.24, 2.45) is 0 Å². The number of likely N-dealkylation sites (tertiary alicyclic amines) is 1. The van der Waals surface area contributed by atoms with E-state index in [9.17, 15) is 4.79 Å². The third-order valence-electron chi connectivity index (χ3n) is 5.48. The number of amides is 1. The second-order valence-electron chi connectivity index (χ2n) is 8.30. The molecule has 0 saturated carbocycles. The maximum Gasteiger partial charge on any atom is 0.262 e. The summed E-state index contributed by atoms with van der Waals surface area (Å²) >= 11 is 9.65. The number of halogens is 2. The summed E-state index contributed by atoms with van der Waals surface area (Å²) in [6.45, 7) is 4.64. The Morgan fingerprint density at radius 3 is 2.62 bits per heavy atom. The van der Waals surface area contributed by atoms with E-state index in [-0.39, 0.29) is 11.4 Å². The Morgan fingerprint density at radius 1 is 1.24 bits per heavy atom. The Labute approximate surface area is 214 Å². The molecule has 2 aromatic rings. The smallest absolute Gasteiger partial charge is 0.262 e. The largest absolute Gasteiger partial charge is 0.480 e. The van der Waals surface area contributed by atoms with Gasteiger partial charge in [0.1, 0.15) is 5.56 Å². The molecular weight excluding hydrogens is 518 g/mol. The van der Waals surface area contributed by atoms with Crippen LogP contribution in [0.4, 0.5) is 11.6 Å². The van der Waals surface area contributed by atoms with E-state index in [1.165, 1.54) is 45.7 Å². The molecule has 0 unspecified atom stereocenters. The first-order valence-corrected chi connectivity index (χ1v) is 12.5. The van der Waals surface area contributed by atoms with Crippen molar-refractivity contribution in [1.82, 2.24) is 20.2 Å². The number of anilines is 2. The lowest BCUT2D eigenvalue weighted by molar-refractivity contribution is 0.0962. The van der Waals surface area contributed by atoms with Gasteiger partial charge < -0.3 is 20.3 Å². The number of carbonyl (C=O) groups excluding carboxylic acids is 1. The van der Waals surface area contributed by atoms with Gasteiger partial charge in [0.25, 0.3) is 5.91 Å². The van der Waals surface area contributed by atoms with Gasteiger partial charge in [-0.1, -0.05) is 52.2 Å². The molecule has 2 N–H and O–H groups in total. The van der Waals surface area contributed by atoms with E-state index >= 15 is 0 Å². The van der Waals surface area contributed by atoms with Gasteiger partial charge in [0.2, 0.25) is 11.8 Å². The first-order chi connectivity index (χ1) is 16.4. The lowest BCUT2D eigenvalue weighted by Crippen LogP contribution is -2.25. The summed E-state index contributed by atoms with van der Waals surface area (Å²) < 4.78 is 6.13. The van der Waals surface area contributed by atoms with Crippen molar-refractivity contribution in [2.45, 2.75) is 39.0 Å². The number of aromatic nitrogens is 2. The molecule has 0 spiro atoms. The van der Waals surface area contributed by atoms with Crippen LogP contribution in [-0.2, 0) is 0 Å². The van der Waals surface area contributed by atoms with Crippen LogP contribution >= 0.6 is 27.5 Å². The van der Waals surface area contributed by atoms with E-state index in [1.54, 1.807) is 0 Å². The summed E-state index contributed by atoms with van der Waals surface area (Å²) in [5, 5.41) is 6.40. The summed E-state index contributed by atoms with van der Waals surface area (Å²) in [6.07, 6.45) is 9.17. The topological polar surface area (TPSA) is 79.4 Å². The molecule has 2 aliphatic rings. The van der Waals surface area contributed by atoms with E-state index in [0.29, 0.717) is 16.7 Å². The fraction of sp³-hybridized carbons (Fsp3) is 0.400. The molecule has 1 aromatic heterocycles. The Kier molecular flexibility index (Phi) is 9.92. The maximum absolute atomic E-state index is 12.7. The molecule has 1 aliphatic heterocycles. The van der Waals surface area contributed by atoms with Gasteiger partial charge in [-0.15, -0.1) is 0 Å². The number of hydrogen-bond acceptors (Lipinski definition) is 6. The van der Waals surface area contributed by atoms with Gasteiger partial charge in [-0.3, -0.25) is 4.79 Å². The van der Waals surface area contributed by atoms with Crippen LogP contribution < -0.4 is 15.4 Å². The molecular formula is C25H31BrClN5O2. The van der Waals surface area contributed by atoms with Crippen LogP contribution in [0.5, 0.6) is 5.88 Å². The highest BCUT2D eigenvalue weighted by Gasteiger charge is 2.20. The zero-order valence-electron chi connectivity index (χ0n) is 19.8. The maximum atomic E-state index is 12.7. The van der Waals surface area contributed by atoms with Crippen molar-refractivity contribution < 1.29 is 9.53 Å². The number of nitrogens with one attached hydrogen (secondary N) is 2. The zero-order valence-corrected chi connectivity index (χ0v) is 22.2. The number of rotatable bonds is 5. The number of aryl methyl sites for hydroxylation is 1. The molecule has 7 nitrogen and oxygen atoms in total. The van der Waals surface area contributed by atoms with Crippen LogP contribution in [-0.4, -0.2) is 48.0 Å². The van der Waals surface area contributed by atoms with E-state index < -0.39 is 5.91 Å². The average molecular weight is 549 g/mol. The normalized spacial score (nSPS) is 16.2. The molecule has 34 heavy (non-hydrogen) atoms. The fourth-order valence-corrected chi connectivity index (χ4v) is 4.56. The zero-order chi connectivity index (χ0) is 24.5. The molecule has 0 radical (unpaired) electrons. The number of carbonyl (C=O) groups is 1. The first kappa shape index (κ1) is 26.2. The van der Waals surface area contributed by atoms with Gasteiger partial charge in [-0.05, 0) is 70.4 Å². The van der Waals surface area contributed by atoms with E-state index in [0.717, 1.165) is 28.6 Å². The standard InChI is InChI=1S/C19H18BrClN4O2.C6H13N/c1-11-5-3-6-12(9-11)23-19-22-10-13(18(25-19)27-2)17(26)24-16-14(20)7-4-8-15(16)21;1-7-5-3-2-4-6-7/h3,5-6,8-10H,4,7H2,1-2H3,(H,24,26)(H,22,23,25);2-6H2,1H3. The van der Waals surface area contributed by atoms with E-state index in [2.05, 4.69) is 48.5 Å². The van der Waals surface area contributed by atoms with Crippen molar-refractivity contribution >= 4 is 45.1 Å². The van der Waals surface area contributed by atoms with E-state index in [1.807, 2.05) is 37.3 Å². The number of benzene rings is 1. The molecule has 4 rings (SSSR count). The van der Waals surface area contributed by atoms with Crippen molar-refractivity contribution in [3.63, 3.8) is 0 Å². The molecule has 0 bridgehead atoms. The monoisotopic (exact) mass is 547 g/mol. The Bertz CT molecular complexity index is 1070. The number of methoxy groups -OCH3 is 1. The van der Waals surface area contributed by atoms with Gasteiger partial charge in [0.05, 0.1) is 17.8 Å². The SMILES string of the molecule is CN1CCCCC1.COc1nc(Nc2cccc(C)c2)ncc1C(=O)NC1=C(Br)CCC=C1Cl. The second kappa shape index (κ2) is 12.9. The molecule has 2 heterocycles. The summed E-state index contributed by atoms with van der Waals surface area (Å²) in [4.78, 5) is 23.6. The number of ether oxygens (including phenoxy) is 1. The Hall–Kier alpha value is -2.42. The highest BCUT2D eigenvalue weighted by atomic mass is 79.9. The fourth-order valence-electron chi connectivity index (χ4n) is 3.63. The molecule has 1 saturated heterocycles. The minimum atomic E-state index is -0.394. The molecule has 9 heteroatoms. The summed E-state index contributed by atoms with van der Waals surface area (Å²) in [5.41, 5.74) is 2.73. The average Bonchev–Trinajstić information content (AvgIpc) is 2.82. The van der Waals surface area contributed by atoms with Crippen molar-refractivity contribution in [3.05, 3.63) is 62.9 Å². The second-order valence-corrected chi connectivity index (χ2v) is 9.66. The molecule has 0 atom stereocenters. The predicted molar refractivity (Wildman–Crippen MR) is 141 cm³/mol. The van der Waals surface area contributed by atoms with Crippen LogP contribution in [0, 0.1) is 6.92 Å². The molecule has 182 valence electrons. The first-order valence-electron chi connectivity index (χ1n) is 11.4. The molecule has 1 fully saturated rings. The highest BCUT2D eigenvalue weighted by molar-refractivity contribution is 9.11. The van der Waals surface area contributed by atoms with Crippen LogP contribution in [0.1, 0.15) is 48.0 Å². The third-order valence-corrected chi connectivity index (χ3v) is 6.62. The summed E-state index contributed by atoms with van der Waals surface area (Å²) in [6, 6.07) is 7.81. The molecule has 1 aromatic carbocycles. The quantitative estimate of drug-likeness (QED) is 0.485. The summed E-state index contributed by atoms with van der Waals surface area (Å²) in [5.74, 6) is 0.115. The van der Waals surface area contributed by atoms with Gasteiger partial charge in [0, 0.05) is 16.4 Å². The van der Waals surface area contributed by atoms with Crippen molar-refractivity contribution in [1.29, 1.82) is 0 Å². The minimum Gasteiger partial charge on any atom is -0.480 e. The predicted octanol–water partition coefficient (Wildman–Crippen LogP) is 5.89.